The predicted molar refractivity (Wildman–Crippen MR) is 128 cm³/mol. The van der Waals surface area contributed by atoms with Crippen molar-refractivity contribution >= 4 is 33.4 Å². The van der Waals surface area contributed by atoms with Crippen molar-refractivity contribution in [1.82, 2.24) is 24.5 Å². The van der Waals surface area contributed by atoms with Crippen LogP contribution in [0, 0.1) is 5.82 Å². The Bertz CT molecular complexity index is 1410. The van der Waals surface area contributed by atoms with Crippen molar-refractivity contribution in [2.45, 2.75) is 19.4 Å². The molecule has 0 atom stereocenters. The molecule has 10 heteroatoms. The summed E-state index contributed by atoms with van der Waals surface area (Å²) in [4.78, 5) is 28.1. The lowest BCUT2D eigenvalue weighted by Crippen LogP contribution is -2.14. The van der Waals surface area contributed by atoms with Crippen LogP contribution in [-0.4, -0.2) is 37.0 Å². The van der Waals surface area contributed by atoms with E-state index >= 15 is 0 Å². The van der Waals surface area contributed by atoms with E-state index in [1.165, 1.54) is 23.6 Å². The summed E-state index contributed by atoms with van der Waals surface area (Å²) in [5.74, 6) is 0.163. The van der Waals surface area contributed by atoms with Crippen molar-refractivity contribution in [3.8, 4) is 17.0 Å². The van der Waals surface area contributed by atoms with Crippen LogP contribution in [0.4, 0.5) is 9.52 Å². The minimum atomic E-state index is -0.372. The highest BCUT2D eigenvalue weighted by Gasteiger charge is 2.15. The first kappa shape index (κ1) is 21.8. The third-order valence-electron chi connectivity index (χ3n) is 5.20. The summed E-state index contributed by atoms with van der Waals surface area (Å²) in [6.45, 7) is 1.40. The first-order valence-electron chi connectivity index (χ1n) is 10.7. The molecule has 0 fully saturated rings. The van der Waals surface area contributed by atoms with E-state index in [1.54, 1.807) is 24.1 Å². The monoisotopic (exact) mass is 476 g/mol. The molecule has 0 saturated carbocycles. The number of H-pyrrole nitrogens is 1. The van der Waals surface area contributed by atoms with Gasteiger partial charge in [0.2, 0.25) is 5.91 Å². The number of nitrogens with one attached hydrogen (secondary N) is 2. The Balaban J connectivity index is 1.17. The fourth-order valence-corrected chi connectivity index (χ4v) is 4.35. The molecule has 172 valence electrons. The highest BCUT2D eigenvalue weighted by Crippen LogP contribution is 2.31. The number of hydrogen-bond acceptors (Lipinski definition) is 6. The Morgan fingerprint density at radius 3 is 3.09 bits per heavy atom. The number of aryl methyl sites for hydroxylation is 1. The zero-order valence-corrected chi connectivity index (χ0v) is 18.9. The average molecular weight is 477 g/mol. The maximum atomic E-state index is 14.3. The van der Waals surface area contributed by atoms with E-state index in [4.69, 9.17) is 4.74 Å². The maximum Gasteiger partial charge on any atom is 0.230 e. The summed E-state index contributed by atoms with van der Waals surface area (Å²) in [7, 11) is 0. The topological polar surface area (TPSA) is 97.7 Å². The summed E-state index contributed by atoms with van der Waals surface area (Å²) >= 11 is 1.29. The van der Waals surface area contributed by atoms with Crippen molar-refractivity contribution in [1.29, 1.82) is 0 Å². The van der Waals surface area contributed by atoms with Crippen molar-refractivity contribution in [2.75, 3.05) is 11.9 Å². The van der Waals surface area contributed by atoms with Crippen molar-refractivity contribution in [3.63, 3.8) is 0 Å². The van der Waals surface area contributed by atoms with Crippen molar-refractivity contribution in [2.24, 2.45) is 0 Å². The zero-order chi connectivity index (χ0) is 23.3. The molecule has 0 radical (unpaired) electrons. The van der Waals surface area contributed by atoms with Gasteiger partial charge in [-0.05, 0) is 30.2 Å². The number of carbonyl (C=O) groups excluding carboxylic acids is 1. The van der Waals surface area contributed by atoms with Crippen LogP contribution in [-0.2, 0) is 17.8 Å². The number of hydrogen-bond donors (Lipinski definition) is 2. The molecule has 5 aromatic rings. The molecule has 0 saturated heterocycles. The first-order valence-corrected chi connectivity index (χ1v) is 11.6. The van der Waals surface area contributed by atoms with Crippen LogP contribution >= 0.6 is 11.3 Å². The van der Waals surface area contributed by atoms with Crippen LogP contribution in [0.1, 0.15) is 12.0 Å². The van der Waals surface area contributed by atoms with Gasteiger partial charge >= 0.3 is 0 Å². The maximum absolute atomic E-state index is 14.3. The Hall–Kier alpha value is -4.05. The molecule has 0 aliphatic rings. The van der Waals surface area contributed by atoms with Gasteiger partial charge in [-0.2, -0.15) is 0 Å². The summed E-state index contributed by atoms with van der Waals surface area (Å²) in [6, 6.07) is 8.81. The standard InChI is InChI=1S/C24H21FN6O2S/c25-19-5-6-27-23-22(19)18(13-28-23)20-14-34-24(29-20)30-21(32)12-16-3-1-4-17(11-16)33-10-2-8-31-9-7-26-15-31/h1,3-7,9,11,13-15H,2,8,10,12H2,(H,27,28)(H,29,30,32). The number of nitrogens with zero attached hydrogens (tertiary/aromatic N) is 4. The molecule has 34 heavy (non-hydrogen) atoms. The van der Waals surface area contributed by atoms with Gasteiger partial charge in [0.05, 0.1) is 30.4 Å². The molecule has 1 aromatic carbocycles. The fraction of sp³-hybridized carbons (Fsp3) is 0.167. The van der Waals surface area contributed by atoms with Gasteiger partial charge in [-0.1, -0.05) is 12.1 Å². The summed E-state index contributed by atoms with van der Waals surface area (Å²) in [5.41, 5.74) is 2.48. The molecule has 1 amide bonds. The lowest BCUT2D eigenvalue weighted by atomic mass is 10.1. The highest BCUT2D eigenvalue weighted by molar-refractivity contribution is 7.14. The van der Waals surface area contributed by atoms with Gasteiger partial charge in [-0.15, -0.1) is 11.3 Å². The molecule has 0 aliphatic carbocycles. The predicted octanol–water partition coefficient (Wildman–Crippen LogP) is 4.67. The van der Waals surface area contributed by atoms with Crippen LogP contribution < -0.4 is 10.1 Å². The number of ether oxygens (including phenoxy) is 1. The fourth-order valence-electron chi connectivity index (χ4n) is 3.62. The molecule has 4 heterocycles. The molecule has 0 bridgehead atoms. The second-order valence-corrected chi connectivity index (χ2v) is 8.49. The number of imidazole rings is 1. The number of pyridine rings is 1. The first-order chi connectivity index (χ1) is 16.7. The van der Waals surface area contributed by atoms with Gasteiger partial charge in [-0.3, -0.25) is 4.79 Å². The van der Waals surface area contributed by atoms with E-state index in [0.29, 0.717) is 34.0 Å². The normalized spacial score (nSPS) is 11.1. The van der Waals surface area contributed by atoms with E-state index in [0.717, 1.165) is 24.3 Å². The second kappa shape index (κ2) is 9.84. The van der Waals surface area contributed by atoms with Gasteiger partial charge in [0.15, 0.2) is 5.13 Å². The Morgan fingerprint density at radius 1 is 1.26 bits per heavy atom. The number of anilines is 1. The molecule has 8 nitrogen and oxygen atoms in total. The Kier molecular flexibility index (Phi) is 6.30. The quantitative estimate of drug-likeness (QED) is 0.301. The number of aromatic nitrogens is 5. The SMILES string of the molecule is O=C(Cc1cccc(OCCCn2ccnc2)c1)Nc1nc(-c2c[nH]c3nccc(F)c23)cs1. The number of aromatic amines is 1. The van der Waals surface area contributed by atoms with Crippen LogP contribution in [0.3, 0.4) is 0 Å². The minimum absolute atomic E-state index is 0.187. The Labute approximate surface area is 198 Å². The number of amides is 1. The van der Waals surface area contributed by atoms with Crippen LogP contribution in [0.15, 0.2) is 66.8 Å². The van der Waals surface area contributed by atoms with E-state index in [2.05, 4.69) is 25.3 Å². The Morgan fingerprint density at radius 2 is 2.21 bits per heavy atom. The lowest BCUT2D eigenvalue weighted by Gasteiger charge is -2.08. The summed E-state index contributed by atoms with van der Waals surface area (Å²) in [5, 5.41) is 5.43. The highest BCUT2D eigenvalue weighted by atomic mass is 32.1. The molecule has 0 spiro atoms. The van der Waals surface area contributed by atoms with E-state index < -0.39 is 0 Å². The summed E-state index contributed by atoms with van der Waals surface area (Å²) in [6.07, 6.45) is 9.56. The van der Waals surface area contributed by atoms with Crippen LogP contribution in [0.5, 0.6) is 5.75 Å². The number of thiazole rings is 1. The van der Waals surface area contributed by atoms with Gasteiger partial charge in [0.25, 0.3) is 0 Å². The molecule has 0 unspecified atom stereocenters. The molecule has 0 aliphatic heterocycles. The number of halogens is 1. The van der Waals surface area contributed by atoms with E-state index in [1.807, 2.05) is 35.0 Å². The lowest BCUT2D eigenvalue weighted by molar-refractivity contribution is -0.115. The van der Waals surface area contributed by atoms with Crippen molar-refractivity contribution < 1.29 is 13.9 Å². The number of rotatable bonds is 9. The smallest absolute Gasteiger partial charge is 0.230 e. The number of carbonyl (C=O) groups is 1. The van der Waals surface area contributed by atoms with Gasteiger partial charge in [0.1, 0.15) is 17.2 Å². The average Bonchev–Trinajstić information content (AvgIpc) is 3.58. The largest absolute Gasteiger partial charge is 0.494 e. The van der Waals surface area contributed by atoms with Crippen molar-refractivity contribution in [3.05, 3.63) is 78.2 Å². The van der Waals surface area contributed by atoms with Gasteiger partial charge in [0, 0.05) is 42.3 Å². The third kappa shape index (κ3) is 4.96. The second-order valence-electron chi connectivity index (χ2n) is 7.63. The third-order valence-corrected chi connectivity index (χ3v) is 5.96. The van der Waals surface area contributed by atoms with E-state index in [-0.39, 0.29) is 18.1 Å². The van der Waals surface area contributed by atoms with Crippen LogP contribution in [0.25, 0.3) is 22.3 Å². The number of fused-ring (bicyclic) bond motifs is 1. The molecule has 5 rings (SSSR count). The minimum Gasteiger partial charge on any atom is -0.494 e. The molecular formula is C24H21FN6O2S. The number of benzene rings is 1. The van der Waals surface area contributed by atoms with E-state index in [9.17, 15) is 9.18 Å². The van der Waals surface area contributed by atoms with Gasteiger partial charge < -0.3 is 19.6 Å². The molecular weight excluding hydrogens is 455 g/mol. The molecule has 4 aromatic heterocycles. The van der Waals surface area contributed by atoms with Crippen LogP contribution in [0.2, 0.25) is 0 Å². The molecule has 2 N–H and O–H groups in total. The van der Waals surface area contributed by atoms with Gasteiger partial charge in [-0.25, -0.2) is 19.3 Å². The zero-order valence-electron chi connectivity index (χ0n) is 18.1. The summed E-state index contributed by atoms with van der Waals surface area (Å²) < 4.78 is 22.1.